The van der Waals surface area contributed by atoms with Crippen molar-refractivity contribution < 1.29 is 19.4 Å². The van der Waals surface area contributed by atoms with Gasteiger partial charge in [-0.15, -0.1) is 0 Å². The van der Waals surface area contributed by atoms with E-state index in [1.54, 1.807) is 12.2 Å². The maximum absolute atomic E-state index is 11.5. The quantitative estimate of drug-likeness (QED) is 0.662. The van der Waals surface area contributed by atoms with Gasteiger partial charge in [-0.25, -0.2) is 4.79 Å². The first-order valence-corrected chi connectivity index (χ1v) is 5.77. The third-order valence-electron chi connectivity index (χ3n) is 4.51. The van der Waals surface area contributed by atoms with Crippen molar-refractivity contribution in [2.45, 2.75) is 17.9 Å². The van der Waals surface area contributed by atoms with Gasteiger partial charge >= 0.3 is 5.97 Å². The minimum absolute atomic E-state index is 0.0244. The molecule has 0 spiro atoms. The van der Waals surface area contributed by atoms with Crippen molar-refractivity contribution in [1.82, 2.24) is 4.90 Å². The molecular weight excluding hydrogens is 222 g/mol. The van der Waals surface area contributed by atoms with E-state index in [1.807, 2.05) is 11.1 Å². The highest BCUT2D eigenvalue weighted by Gasteiger charge is 2.94. The molecule has 1 N–H and O–H groups in total. The zero-order valence-corrected chi connectivity index (χ0v) is 9.37. The van der Waals surface area contributed by atoms with Gasteiger partial charge in [0.05, 0.1) is 30.9 Å². The maximum atomic E-state index is 11.5. The van der Waals surface area contributed by atoms with Crippen LogP contribution in [-0.2, 0) is 14.3 Å². The fraction of sp³-hybridized carbons (Fsp3) is 0.583. The summed E-state index contributed by atoms with van der Waals surface area (Å²) in [7, 11) is 1.32. The highest BCUT2D eigenvalue weighted by atomic mass is 16.5. The van der Waals surface area contributed by atoms with Crippen LogP contribution in [0.3, 0.4) is 0 Å². The minimum atomic E-state index is -0.911. The predicted molar refractivity (Wildman–Crippen MR) is 56.5 cm³/mol. The molecule has 5 nitrogen and oxygen atoms in total. The predicted octanol–water partition coefficient (Wildman–Crippen LogP) is -0.369. The molecule has 5 heteroatoms. The Labute approximate surface area is 98.3 Å². The number of carbonyl (C=O) groups is 1. The van der Waals surface area contributed by atoms with Crippen molar-refractivity contribution in [3.63, 3.8) is 0 Å². The van der Waals surface area contributed by atoms with Crippen molar-refractivity contribution in [1.29, 1.82) is 0 Å². The van der Waals surface area contributed by atoms with Gasteiger partial charge in [-0.3, -0.25) is 0 Å². The summed E-state index contributed by atoms with van der Waals surface area (Å²) in [4.78, 5) is 13.4. The SMILES string of the molecule is COC(=O)C1=CC=CN([C@]23C4OC[C@@H]2[C@H]43)C1O. The second kappa shape index (κ2) is 2.73. The third kappa shape index (κ3) is 0.882. The molecule has 0 aromatic carbocycles. The van der Waals surface area contributed by atoms with Gasteiger partial charge in [0.2, 0.25) is 0 Å². The first-order valence-electron chi connectivity index (χ1n) is 5.77. The van der Waals surface area contributed by atoms with Gasteiger partial charge in [0.15, 0.2) is 6.23 Å². The first kappa shape index (κ1) is 9.67. The Morgan fingerprint density at radius 3 is 3.12 bits per heavy atom. The molecule has 0 aromatic heterocycles. The van der Waals surface area contributed by atoms with E-state index in [4.69, 9.17) is 4.74 Å². The highest BCUT2D eigenvalue weighted by molar-refractivity contribution is 5.90. The molecule has 5 aliphatic rings. The van der Waals surface area contributed by atoms with E-state index in [1.165, 1.54) is 7.11 Å². The minimum Gasteiger partial charge on any atom is -0.466 e. The third-order valence-corrected chi connectivity index (χ3v) is 4.51. The van der Waals surface area contributed by atoms with Crippen LogP contribution in [0.4, 0.5) is 0 Å². The molecule has 2 aliphatic carbocycles. The van der Waals surface area contributed by atoms with Crippen molar-refractivity contribution >= 4 is 5.97 Å². The number of fused-ring (bicyclic) bond motifs is 1. The topological polar surface area (TPSA) is 59.0 Å². The van der Waals surface area contributed by atoms with E-state index < -0.39 is 12.2 Å². The van der Waals surface area contributed by atoms with Gasteiger partial charge in [-0.05, 0) is 12.2 Å². The molecule has 5 atom stereocenters. The summed E-state index contributed by atoms with van der Waals surface area (Å²) in [6.07, 6.45) is 4.57. The second-order valence-electron chi connectivity index (χ2n) is 5.01. The number of carbonyl (C=O) groups excluding carboxylic acids is 1. The molecular formula is C12H13NO4. The van der Waals surface area contributed by atoms with Crippen LogP contribution in [0.25, 0.3) is 0 Å². The van der Waals surface area contributed by atoms with Crippen molar-refractivity contribution in [3.8, 4) is 0 Å². The lowest BCUT2D eigenvalue weighted by atomic mass is 10.1. The Morgan fingerprint density at radius 1 is 1.71 bits per heavy atom. The van der Waals surface area contributed by atoms with Gasteiger partial charge in [0, 0.05) is 18.0 Å². The number of ether oxygens (including phenoxy) is 2. The van der Waals surface area contributed by atoms with Crippen LogP contribution < -0.4 is 0 Å². The molecule has 0 radical (unpaired) electrons. The average Bonchev–Trinajstić information content (AvgIpc) is 3.02. The molecule has 0 amide bonds. The Balaban J connectivity index is 1.62. The molecule has 4 fully saturated rings. The Bertz CT molecular complexity index is 448. The fourth-order valence-corrected chi connectivity index (χ4v) is 3.57. The fourth-order valence-electron chi connectivity index (χ4n) is 3.57. The van der Waals surface area contributed by atoms with E-state index in [-0.39, 0.29) is 11.6 Å². The van der Waals surface area contributed by atoms with Gasteiger partial charge in [0.1, 0.15) is 0 Å². The lowest BCUT2D eigenvalue weighted by Crippen LogP contribution is -2.44. The van der Waals surface area contributed by atoms with E-state index in [0.29, 0.717) is 17.4 Å². The molecule has 17 heavy (non-hydrogen) atoms. The van der Waals surface area contributed by atoms with Gasteiger partial charge in [-0.2, -0.15) is 0 Å². The monoisotopic (exact) mass is 235 g/mol. The lowest BCUT2D eigenvalue weighted by Gasteiger charge is -2.33. The van der Waals surface area contributed by atoms with Crippen molar-refractivity contribution in [3.05, 3.63) is 23.9 Å². The number of methoxy groups -OCH3 is 1. The smallest absolute Gasteiger partial charge is 0.338 e. The van der Waals surface area contributed by atoms with E-state index in [9.17, 15) is 9.90 Å². The number of hydrogen-bond donors (Lipinski definition) is 1. The summed E-state index contributed by atoms with van der Waals surface area (Å²) in [5.74, 6) is 0.608. The summed E-state index contributed by atoms with van der Waals surface area (Å²) in [5, 5.41) is 10.2. The Morgan fingerprint density at radius 2 is 2.53 bits per heavy atom. The number of aliphatic hydroxyl groups is 1. The molecule has 2 saturated carbocycles. The summed E-state index contributed by atoms with van der Waals surface area (Å²) in [6, 6.07) is 0. The second-order valence-corrected chi connectivity index (χ2v) is 5.01. The van der Waals surface area contributed by atoms with E-state index in [0.717, 1.165) is 6.61 Å². The van der Waals surface area contributed by atoms with Crippen LogP contribution >= 0.6 is 0 Å². The summed E-state index contributed by atoms with van der Waals surface area (Å²) < 4.78 is 10.2. The van der Waals surface area contributed by atoms with Gasteiger partial charge in [-0.1, -0.05) is 0 Å². The maximum Gasteiger partial charge on any atom is 0.338 e. The standard InChI is InChI=1S/C12H13NO4/c1-16-11(15)6-3-2-4-13(10(6)14)12-7-5-17-9(12)8(7)12/h2-4,7-10,14H,5H2,1H3/t7-,8-,9?,10?,12-/m1/s1. The van der Waals surface area contributed by atoms with Crippen LogP contribution in [0.5, 0.6) is 0 Å². The van der Waals surface area contributed by atoms with Crippen LogP contribution in [0.15, 0.2) is 23.9 Å². The summed E-state index contributed by atoms with van der Waals surface area (Å²) in [5.41, 5.74) is 0.269. The molecule has 90 valence electrons. The zero-order chi connectivity index (χ0) is 11.8. The highest BCUT2D eigenvalue weighted by Crippen LogP contribution is 2.81. The van der Waals surface area contributed by atoms with Crippen LogP contribution in [0.1, 0.15) is 0 Å². The van der Waals surface area contributed by atoms with Gasteiger partial charge < -0.3 is 19.5 Å². The normalized spacial score (nSPS) is 48.6. The number of hydrogen-bond acceptors (Lipinski definition) is 5. The zero-order valence-electron chi connectivity index (χ0n) is 9.37. The van der Waals surface area contributed by atoms with E-state index in [2.05, 4.69) is 4.74 Å². The lowest BCUT2D eigenvalue weighted by molar-refractivity contribution is -0.138. The average molecular weight is 235 g/mol. The van der Waals surface area contributed by atoms with Crippen LogP contribution in [0, 0.1) is 11.8 Å². The van der Waals surface area contributed by atoms with Gasteiger partial charge in [0.25, 0.3) is 0 Å². The molecule has 5 rings (SSSR count). The number of rotatable bonds is 2. The number of aliphatic hydroxyl groups excluding tert-OH is 1. The van der Waals surface area contributed by atoms with E-state index >= 15 is 0 Å². The van der Waals surface area contributed by atoms with Crippen LogP contribution in [-0.4, -0.2) is 47.6 Å². The Hall–Kier alpha value is -1.33. The number of esters is 1. The van der Waals surface area contributed by atoms with Crippen LogP contribution in [0.2, 0.25) is 0 Å². The largest absolute Gasteiger partial charge is 0.466 e. The number of allylic oxidation sites excluding steroid dienone is 2. The molecule has 2 bridgehead atoms. The van der Waals surface area contributed by atoms with Crippen molar-refractivity contribution in [2.24, 2.45) is 11.8 Å². The summed E-state index contributed by atoms with van der Waals surface area (Å²) >= 11 is 0. The number of nitrogens with zero attached hydrogens (tertiary/aromatic N) is 1. The summed E-state index contributed by atoms with van der Waals surface area (Å²) in [6.45, 7) is 0.781. The first-order chi connectivity index (χ1) is 8.22. The molecule has 0 aromatic rings. The molecule has 2 saturated heterocycles. The molecule has 3 heterocycles. The molecule has 3 aliphatic heterocycles. The van der Waals surface area contributed by atoms with Crippen molar-refractivity contribution in [2.75, 3.05) is 13.7 Å². The molecule has 2 unspecified atom stereocenters. The Kier molecular flexibility index (Phi) is 1.56.